The Morgan fingerprint density at radius 2 is 2.03 bits per heavy atom. The van der Waals surface area contributed by atoms with Crippen molar-refractivity contribution in [2.45, 2.75) is 32.0 Å². The van der Waals surface area contributed by atoms with Crippen molar-refractivity contribution in [1.82, 2.24) is 10.6 Å². The van der Waals surface area contributed by atoms with E-state index in [1.54, 1.807) is 19.1 Å². The van der Waals surface area contributed by atoms with Crippen LogP contribution in [0.25, 0.3) is 5.70 Å². The highest BCUT2D eigenvalue weighted by Crippen LogP contribution is 2.37. The van der Waals surface area contributed by atoms with E-state index in [1.165, 1.54) is 18.5 Å². The van der Waals surface area contributed by atoms with Crippen LogP contribution in [0, 0.1) is 23.5 Å². The molecule has 10 heteroatoms. The molecule has 0 saturated carbocycles. The zero-order valence-electron chi connectivity index (χ0n) is 17.8. The zero-order chi connectivity index (χ0) is 23.8. The molecule has 1 amide bonds. The number of carbonyl (C=O) groups is 2. The Bertz CT molecular complexity index is 1210. The van der Waals surface area contributed by atoms with Crippen LogP contribution in [0.5, 0.6) is 5.75 Å². The van der Waals surface area contributed by atoms with Crippen LogP contribution in [0.3, 0.4) is 0 Å². The van der Waals surface area contributed by atoms with Gasteiger partial charge < -0.3 is 15.4 Å². The van der Waals surface area contributed by atoms with Gasteiger partial charge in [-0.1, -0.05) is 11.2 Å². The number of nitroso groups, excluding NO2 is 1. The van der Waals surface area contributed by atoms with Crippen molar-refractivity contribution >= 4 is 23.6 Å². The lowest BCUT2D eigenvalue weighted by Gasteiger charge is -2.33. The predicted octanol–water partition coefficient (Wildman–Crippen LogP) is 3.49. The fourth-order valence-electron chi connectivity index (χ4n) is 3.79. The van der Waals surface area contributed by atoms with E-state index in [0.717, 1.165) is 17.7 Å². The molecule has 170 valence electrons. The second-order valence-electron chi connectivity index (χ2n) is 8.12. The van der Waals surface area contributed by atoms with Crippen molar-refractivity contribution in [3.8, 4) is 5.75 Å². The molecule has 0 aliphatic carbocycles. The molecular weight excluding hydrogens is 434 g/mol. The van der Waals surface area contributed by atoms with Crippen LogP contribution in [0.4, 0.5) is 8.78 Å². The summed E-state index contributed by atoms with van der Waals surface area (Å²) in [5.74, 6) is -2.66. The minimum atomic E-state index is -1.02. The predicted molar refractivity (Wildman–Crippen MR) is 117 cm³/mol. The van der Waals surface area contributed by atoms with Crippen LogP contribution < -0.4 is 15.4 Å². The Balaban J connectivity index is 1.53. The maximum Gasteiger partial charge on any atom is 0.259 e. The van der Waals surface area contributed by atoms with Gasteiger partial charge in [0.05, 0.1) is 17.7 Å². The van der Waals surface area contributed by atoms with Gasteiger partial charge in [0, 0.05) is 18.0 Å². The number of rotatable bonds is 5. The first-order valence-electron chi connectivity index (χ1n) is 10.1. The molecule has 2 aromatic rings. The Kier molecular flexibility index (Phi) is 5.75. The highest BCUT2D eigenvalue weighted by Gasteiger charge is 2.37. The van der Waals surface area contributed by atoms with E-state index in [0.29, 0.717) is 22.6 Å². The van der Waals surface area contributed by atoms with Crippen molar-refractivity contribution in [2.75, 3.05) is 6.54 Å². The number of Topliss-reactive ketones (excluding diaryl/α,β-unsaturated/α-hetero) is 1. The van der Waals surface area contributed by atoms with Gasteiger partial charge in [-0.25, -0.2) is 8.78 Å². The Hall–Kier alpha value is -3.95. The first-order chi connectivity index (χ1) is 15.7. The largest absolute Gasteiger partial charge is 0.484 e. The van der Waals surface area contributed by atoms with Crippen LogP contribution >= 0.6 is 0 Å². The molecule has 33 heavy (non-hydrogen) atoms. The van der Waals surface area contributed by atoms with Crippen molar-refractivity contribution in [2.24, 2.45) is 10.2 Å². The number of amides is 1. The van der Waals surface area contributed by atoms with Gasteiger partial charge in [-0.2, -0.15) is 4.91 Å². The maximum atomic E-state index is 13.8. The SMILES string of the molecule is Cc1cc2c(cc1C1=CNC(NC(=O)c3c(F)cccc3F)C=N1)OC(C)(CN=O)CC2=O. The van der Waals surface area contributed by atoms with Crippen LogP contribution in [0.2, 0.25) is 0 Å². The molecule has 2 N–H and O–H groups in total. The first kappa shape index (κ1) is 22.3. The standard InChI is InChI=1S/C23H20F2N4O4/c1-12-6-14-18(30)8-23(2,11-28-32)33-19(14)7-13(12)17-9-27-20(10-26-17)29-22(31)21-15(24)4-3-5-16(21)25/h3-7,9-10,20,27H,8,11H2,1-2H3,(H,29,31). The summed E-state index contributed by atoms with van der Waals surface area (Å²) in [6, 6.07) is 6.54. The lowest BCUT2D eigenvalue weighted by molar-refractivity contribution is 0.0569. The number of halogens is 2. The van der Waals surface area contributed by atoms with E-state index in [-0.39, 0.29) is 18.7 Å². The summed E-state index contributed by atoms with van der Waals surface area (Å²) in [6.45, 7) is 3.31. The number of aryl methyl sites for hydroxylation is 1. The number of nitrogens with one attached hydrogen (secondary N) is 2. The molecule has 0 aromatic heterocycles. The Morgan fingerprint density at radius 1 is 1.30 bits per heavy atom. The third-order valence-electron chi connectivity index (χ3n) is 5.43. The molecular formula is C23H20F2N4O4. The van der Waals surface area contributed by atoms with E-state index < -0.39 is 34.9 Å². The van der Waals surface area contributed by atoms with E-state index in [9.17, 15) is 23.3 Å². The van der Waals surface area contributed by atoms with Gasteiger partial charge in [0.15, 0.2) is 5.78 Å². The van der Waals surface area contributed by atoms with E-state index in [4.69, 9.17) is 4.74 Å². The molecule has 0 saturated heterocycles. The molecule has 4 rings (SSSR count). The third kappa shape index (κ3) is 4.36. The van der Waals surface area contributed by atoms with Gasteiger partial charge >= 0.3 is 0 Å². The summed E-state index contributed by atoms with van der Waals surface area (Å²) >= 11 is 0. The van der Waals surface area contributed by atoms with Gasteiger partial charge in [0.25, 0.3) is 5.91 Å². The molecule has 0 fully saturated rings. The molecule has 0 spiro atoms. The lowest BCUT2D eigenvalue weighted by atomic mass is 9.89. The van der Waals surface area contributed by atoms with Crippen LogP contribution in [0.15, 0.2) is 46.7 Å². The Labute approximate surface area is 187 Å². The van der Waals surface area contributed by atoms with E-state index in [1.807, 2.05) is 6.92 Å². The van der Waals surface area contributed by atoms with Gasteiger partial charge in [-0.3, -0.25) is 14.6 Å². The highest BCUT2D eigenvalue weighted by atomic mass is 19.1. The molecule has 0 bridgehead atoms. The fourth-order valence-corrected chi connectivity index (χ4v) is 3.79. The van der Waals surface area contributed by atoms with Crippen LogP contribution in [-0.2, 0) is 0 Å². The highest BCUT2D eigenvalue weighted by molar-refractivity contribution is 6.01. The number of ketones is 1. The number of hydrogen-bond donors (Lipinski definition) is 2. The average Bonchev–Trinajstić information content (AvgIpc) is 2.74. The van der Waals surface area contributed by atoms with Gasteiger partial charge in [0.1, 0.15) is 41.3 Å². The third-order valence-corrected chi connectivity index (χ3v) is 5.43. The number of ether oxygens (including phenoxy) is 1. The van der Waals surface area contributed by atoms with Crippen LogP contribution in [-0.4, -0.2) is 36.2 Å². The summed E-state index contributed by atoms with van der Waals surface area (Å²) < 4.78 is 33.6. The normalized spacial score (nSPS) is 21.4. The summed E-state index contributed by atoms with van der Waals surface area (Å²) in [6.07, 6.45) is 2.18. The average molecular weight is 454 g/mol. The molecule has 0 radical (unpaired) electrons. The number of carbonyl (C=O) groups excluding carboxylic acids is 2. The fraction of sp³-hybridized carbons (Fsp3) is 0.261. The maximum absolute atomic E-state index is 13.8. The lowest BCUT2D eigenvalue weighted by Crippen LogP contribution is -2.46. The quantitative estimate of drug-likeness (QED) is 0.673. The summed E-state index contributed by atoms with van der Waals surface area (Å²) in [5, 5.41) is 8.24. The van der Waals surface area contributed by atoms with Crippen molar-refractivity contribution in [3.63, 3.8) is 0 Å². The van der Waals surface area contributed by atoms with Crippen molar-refractivity contribution in [1.29, 1.82) is 0 Å². The van der Waals surface area contributed by atoms with Crippen molar-refractivity contribution in [3.05, 3.63) is 75.3 Å². The van der Waals surface area contributed by atoms with Gasteiger partial charge in [0.2, 0.25) is 0 Å². The topological polar surface area (TPSA) is 109 Å². The van der Waals surface area contributed by atoms with Crippen molar-refractivity contribution < 1.29 is 23.1 Å². The van der Waals surface area contributed by atoms with Gasteiger partial charge in [-0.15, -0.1) is 0 Å². The summed E-state index contributed by atoms with van der Waals surface area (Å²) in [7, 11) is 0. The minimum Gasteiger partial charge on any atom is -0.484 e. The van der Waals surface area contributed by atoms with Gasteiger partial charge in [-0.05, 0) is 43.7 Å². The molecule has 2 atom stereocenters. The smallest absolute Gasteiger partial charge is 0.259 e. The van der Waals surface area contributed by atoms with Crippen LogP contribution in [0.1, 0.15) is 45.2 Å². The zero-order valence-corrected chi connectivity index (χ0v) is 17.8. The second-order valence-corrected chi connectivity index (χ2v) is 8.12. The Morgan fingerprint density at radius 3 is 2.67 bits per heavy atom. The number of aliphatic imine (C=N–C) groups is 1. The molecule has 2 unspecified atom stereocenters. The number of hydrogen-bond acceptors (Lipinski definition) is 7. The number of fused-ring (bicyclic) bond motifs is 1. The monoisotopic (exact) mass is 454 g/mol. The molecule has 2 aliphatic rings. The molecule has 2 aromatic carbocycles. The summed E-state index contributed by atoms with van der Waals surface area (Å²) in [5.41, 5.74) is 0.656. The summed E-state index contributed by atoms with van der Waals surface area (Å²) in [4.78, 5) is 39.9. The molecule has 2 aliphatic heterocycles. The second kappa shape index (κ2) is 8.53. The number of nitrogens with zero attached hydrogens (tertiary/aromatic N) is 2. The van der Waals surface area contributed by atoms with E-state index in [2.05, 4.69) is 20.8 Å². The molecule has 8 nitrogen and oxygen atoms in total. The minimum absolute atomic E-state index is 0.0525. The van der Waals surface area contributed by atoms with E-state index >= 15 is 0 Å². The first-order valence-corrected chi connectivity index (χ1v) is 10.1. The molecule has 2 heterocycles. The number of benzene rings is 2.